The van der Waals surface area contributed by atoms with E-state index in [1.807, 2.05) is 6.92 Å². The van der Waals surface area contributed by atoms with Gasteiger partial charge in [0.25, 0.3) is 0 Å². The molecule has 0 saturated heterocycles. The summed E-state index contributed by atoms with van der Waals surface area (Å²) in [5.41, 5.74) is 0. The molecule has 152 valence electrons. The van der Waals surface area contributed by atoms with Crippen LogP contribution in [0, 0.1) is 5.92 Å². The van der Waals surface area contributed by atoms with Gasteiger partial charge in [-0.2, -0.15) is 0 Å². The van der Waals surface area contributed by atoms with E-state index >= 15 is 0 Å². The average molecular weight is 375 g/mol. The molecular weight excluding hydrogens is 327 g/mol. The third-order valence-corrected chi connectivity index (χ3v) is 5.21. The number of unbranched alkanes of at least 4 members (excludes halogenated alkanes) is 12. The molecule has 0 rings (SSSR count). The van der Waals surface area contributed by atoms with Gasteiger partial charge in [0, 0.05) is 0 Å². The maximum absolute atomic E-state index is 10.4. The molecular formula is C22H47O2P. The summed E-state index contributed by atoms with van der Waals surface area (Å²) in [6, 6.07) is 0. The number of hydrogen-bond donors (Lipinski definition) is 1. The number of carbonyl (C=O) groups is 1. The largest absolute Gasteiger partial charge is 0.481 e. The molecule has 0 aromatic carbocycles. The summed E-state index contributed by atoms with van der Waals surface area (Å²) in [5.74, 6) is -0.754. The summed E-state index contributed by atoms with van der Waals surface area (Å²) < 4.78 is 0. The molecule has 0 aliphatic rings. The first-order chi connectivity index (χ1) is 12.1. The summed E-state index contributed by atoms with van der Waals surface area (Å²) in [4.78, 5) is 10.4. The van der Waals surface area contributed by atoms with Crippen molar-refractivity contribution >= 4 is 15.2 Å². The fraction of sp³-hybridized carbons (Fsp3) is 0.955. The van der Waals surface area contributed by atoms with E-state index in [0.717, 1.165) is 25.7 Å². The predicted molar refractivity (Wildman–Crippen MR) is 117 cm³/mol. The lowest BCUT2D eigenvalue weighted by Crippen LogP contribution is -2.11. The second-order valence-corrected chi connectivity index (χ2v) is 7.84. The molecule has 0 aromatic heterocycles. The molecule has 2 nitrogen and oxygen atoms in total. The highest BCUT2D eigenvalue weighted by Gasteiger charge is 2.12. The van der Waals surface area contributed by atoms with E-state index in [4.69, 9.17) is 5.11 Å². The smallest absolute Gasteiger partial charge is 0.306 e. The first-order valence-corrected chi connectivity index (χ1v) is 11.9. The van der Waals surface area contributed by atoms with Gasteiger partial charge in [0.1, 0.15) is 0 Å². The van der Waals surface area contributed by atoms with Crippen LogP contribution in [0.3, 0.4) is 0 Å². The van der Waals surface area contributed by atoms with Crippen LogP contribution in [0.1, 0.15) is 124 Å². The minimum atomic E-state index is -0.643. The first kappa shape index (κ1) is 27.1. The van der Waals surface area contributed by atoms with Crippen LogP contribution in [0.25, 0.3) is 0 Å². The van der Waals surface area contributed by atoms with Crippen LogP contribution in [-0.4, -0.2) is 17.2 Å². The number of aliphatic carboxylic acids is 1. The third-order valence-electron chi connectivity index (χ3n) is 4.81. The van der Waals surface area contributed by atoms with Gasteiger partial charge in [0.05, 0.1) is 5.92 Å². The van der Waals surface area contributed by atoms with Gasteiger partial charge in [-0.15, -0.1) is 9.24 Å². The lowest BCUT2D eigenvalue weighted by molar-refractivity contribution is -0.142. The second kappa shape index (κ2) is 23.9. The van der Waals surface area contributed by atoms with Gasteiger partial charge in [-0.3, -0.25) is 4.79 Å². The zero-order chi connectivity index (χ0) is 19.2. The third kappa shape index (κ3) is 23.9. The summed E-state index contributed by atoms with van der Waals surface area (Å²) in [5, 5.41) is 8.60. The summed E-state index contributed by atoms with van der Waals surface area (Å²) >= 11 is 0. The molecule has 1 N–H and O–H groups in total. The van der Waals surface area contributed by atoms with E-state index in [9.17, 15) is 4.79 Å². The molecule has 0 heterocycles. The van der Waals surface area contributed by atoms with E-state index in [2.05, 4.69) is 23.1 Å². The van der Waals surface area contributed by atoms with E-state index in [1.54, 1.807) is 0 Å². The SMILES string of the molecule is CCCCC(CC)C(=O)O.CCCCCCCCCCCCCCP. The lowest BCUT2D eigenvalue weighted by Gasteiger charge is -2.06. The van der Waals surface area contributed by atoms with Gasteiger partial charge in [-0.1, -0.05) is 104 Å². The van der Waals surface area contributed by atoms with Crippen molar-refractivity contribution in [1.82, 2.24) is 0 Å². The number of carboxylic acids is 1. The highest BCUT2D eigenvalue weighted by atomic mass is 31.0. The Hall–Kier alpha value is -0.100. The first-order valence-electron chi connectivity index (χ1n) is 11.1. The minimum absolute atomic E-state index is 0.111. The molecule has 0 saturated carbocycles. The number of hydrogen-bond acceptors (Lipinski definition) is 1. The Morgan fingerprint density at radius 2 is 1.12 bits per heavy atom. The molecule has 0 amide bonds. The molecule has 25 heavy (non-hydrogen) atoms. The van der Waals surface area contributed by atoms with Gasteiger partial charge >= 0.3 is 5.97 Å². The van der Waals surface area contributed by atoms with Crippen LogP contribution in [0.15, 0.2) is 0 Å². The lowest BCUT2D eigenvalue weighted by atomic mass is 10.00. The topological polar surface area (TPSA) is 37.3 Å². The highest BCUT2D eigenvalue weighted by Crippen LogP contribution is 2.12. The Balaban J connectivity index is 0. The molecule has 0 fully saturated rings. The van der Waals surface area contributed by atoms with Crippen LogP contribution in [0.4, 0.5) is 0 Å². The van der Waals surface area contributed by atoms with E-state index < -0.39 is 5.97 Å². The summed E-state index contributed by atoms with van der Waals surface area (Å²) in [7, 11) is 2.81. The predicted octanol–water partition coefficient (Wildman–Crippen LogP) is 7.85. The van der Waals surface area contributed by atoms with Crippen LogP contribution in [-0.2, 0) is 4.79 Å². The van der Waals surface area contributed by atoms with Crippen molar-refractivity contribution in [3.05, 3.63) is 0 Å². The normalized spacial score (nSPS) is 11.7. The molecule has 3 heteroatoms. The van der Waals surface area contributed by atoms with Gasteiger partial charge < -0.3 is 5.11 Å². The number of rotatable bonds is 17. The molecule has 0 radical (unpaired) electrons. The molecule has 0 spiro atoms. The van der Waals surface area contributed by atoms with Crippen molar-refractivity contribution in [3.8, 4) is 0 Å². The Labute approximate surface area is 161 Å². The van der Waals surface area contributed by atoms with Gasteiger partial charge in [-0.25, -0.2) is 0 Å². The maximum atomic E-state index is 10.4. The molecule has 0 aliphatic heterocycles. The highest BCUT2D eigenvalue weighted by molar-refractivity contribution is 7.16. The molecule has 2 atom stereocenters. The summed E-state index contributed by atoms with van der Waals surface area (Å²) in [6.45, 7) is 6.29. The Bertz CT molecular complexity index is 244. The minimum Gasteiger partial charge on any atom is -0.481 e. The Kier molecular flexibility index (Phi) is 25.9. The zero-order valence-electron chi connectivity index (χ0n) is 17.5. The average Bonchev–Trinajstić information content (AvgIpc) is 2.61. The van der Waals surface area contributed by atoms with Crippen molar-refractivity contribution in [1.29, 1.82) is 0 Å². The molecule has 0 aliphatic carbocycles. The van der Waals surface area contributed by atoms with Crippen LogP contribution < -0.4 is 0 Å². The Morgan fingerprint density at radius 3 is 1.44 bits per heavy atom. The van der Waals surface area contributed by atoms with Crippen LogP contribution >= 0.6 is 9.24 Å². The van der Waals surface area contributed by atoms with Crippen LogP contribution in [0.2, 0.25) is 0 Å². The van der Waals surface area contributed by atoms with Gasteiger partial charge in [0.2, 0.25) is 0 Å². The van der Waals surface area contributed by atoms with E-state index in [-0.39, 0.29) is 5.92 Å². The zero-order valence-corrected chi connectivity index (χ0v) is 18.7. The molecule has 0 aromatic rings. The van der Waals surface area contributed by atoms with Gasteiger partial charge in [0.15, 0.2) is 0 Å². The fourth-order valence-corrected chi connectivity index (χ4v) is 3.23. The fourth-order valence-electron chi connectivity index (χ4n) is 2.94. The Morgan fingerprint density at radius 1 is 0.720 bits per heavy atom. The molecule has 0 bridgehead atoms. The standard InChI is InChI=1S/C14H31P.C8H16O2/c1-2-3-4-5-6-7-8-9-10-11-12-13-14-15;1-3-5-6-7(4-2)8(9)10/h2-15H2,1H3;7H,3-6H2,1-2H3,(H,9,10). The van der Waals surface area contributed by atoms with Crippen molar-refractivity contribution in [2.24, 2.45) is 5.92 Å². The van der Waals surface area contributed by atoms with Crippen molar-refractivity contribution < 1.29 is 9.90 Å². The quantitative estimate of drug-likeness (QED) is 0.208. The van der Waals surface area contributed by atoms with Crippen LogP contribution in [0.5, 0.6) is 0 Å². The maximum Gasteiger partial charge on any atom is 0.306 e. The van der Waals surface area contributed by atoms with Crippen molar-refractivity contribution in [3.63, 3.8) is 0 Å². The summed E-state index contributed by atoms with van der Waals surface area (Å²) in [6.07, 6.45) is 22.4. The van der Waals surface area contributed by atoms with Crippen molar-refractivity contribution in [2.75, 3.05) is 6.16 Å². The second-order valence-electron chi connectivity index (χ2n) is 7.26. The van der Waals surface area contributed by atoms with E-state index in [1.165, 1.54) is 83.2 Å². The number of carboxylic acid groups (broad SMARTS) is 1. The van der Waals surface area contributed by atoms with E-state index in [0.29, 0.717) is 0 Å². The monoisotopic (exact) mass is 374 g/mol. The molecule has 2 unspecified atom stereocenters. The van der Waals surface area contributed by atoms with Crippen molar-refractivity contribution in [2.45, 2.75) is 124 Å². The van der Waals surface area contributed by atoms with Gasteiger partial charge in [-0.05, 0) is 25.4 Å².